The molecule has 0 unspecified atom stereocenters. The molecule has 0 atom stereocenters. The SMILES string of the molecule is O=c1cc(CNCc2cccs2)cc[nH]1. The number of pyridine rings is 1. The second-order valence-corrected chi connectivity index (χ2v) is 4.28. The Morgan fingerprint density at radius 3 is 3.00 bits per heavy atom. The number of hydrogen-bond acceptors (Lipinski definition) is 3. The minimum Gasteiger partial charge on any atom is -0.329 e. The first-order valence-electron chi connectivity index (χ1n) is 4.75. The van der Waals surface area contributed by atoms with Crippen LogP contribution in [0.3, 0.4) is 0 Å². The van der Waals surface area contributed by atoms with E-state index in [1.165, 1.54) is 4.88 Å². The summed E-state index contributed by atoms with van der Waals surface area (Å²) in [7, 11) is 0. The Balaban J connectivity index is 1.86. The van der Waals surface area contributed by atoms with Crippen molar-refractivity contribution in [2.45, 2.75) is 13.1 Å². The minimum absolute atomic E-state index is 0.0505. The summed E-state index contributed by atoms with van der Waals surface area (Å²) in [4.78, 5) is 14.9. The van der Waals surface area contributed by atoms with Crippen molar-refractivity contribution < 1.29 is 0 Å². The van der Waals surface area contributed by atoms with Crippen LogP contribution in [0.1, 0.15) is 10.4 Å². The first-order valence-corrected chi connectivity index (χ1v) is 5.63. The van der Waals surface area contributed by atoms with Crippen LogP contribution < -0.4 is 10.9 Å². The van der Waals surface area contributed by atoms with E-state index in [1.54, 1.807) is 23.6 Å². The summed E-state index contributed by atoms with van der Waals surface area (Å²) in [5.41, 5.74) is 0.959. The van der Waals surface area contributed by atoms with Crippen molar-refractivity contribution in [1.82, 2.24) is 10.3 Å². The molecule has 0 aromatic carbocycles. The maximum Gasteiger partial charge on any atom is 0.248 e. The van der Waals surface area contributed by atoms with E-state index in [4.69, 9.17) is 0 Å². The van der Waals surface area contributed by atoms with E-state index in [0.29, 0.717) is 0 Å². The molecule has 0 saturated carbocycles. The second-order valence-electron chi connectivity index (χ2n) is 3.24. The molecular weight excluding hydrogens is 208 g/mol. The van der Waals surface area contributed by atoms with Gasteiger partial charge in [0.15, 0.2) is 0 Å². The van der Waals surface area contributed by atoms with Crippen LogP contribution in [0.25, 0.3) is 0 Å². The van der Waals surface area contributed by atoms with Crippen LogP contribution >= 0.6 is 11.3 Å². The Morgan fingerprint density at radius 2 is 2.27 bits per heavy atom. The minimum atomic E-state index is -0.0505. The molecule has 0 fully saturated rings. The predicted molar refractivity (Wildman–Crippen MR) is 61.9 cm³/mol. The Bertz CT molecular complexity index is 461. The fourth-order valence-corrected chi connectivity index (χ4v) is 2.02. The van der Waals surface area contributed by atoms with Crippen LogP contribution in [0.2, 0.25) is 0 Å². The highest BCUT2D eigenvalue weighted by molar-refractivity contribution is 7.09. The summed E-state index contributed by atoms with van der Waals surface area (Å²) in [6, 6.07) is 7.65. The lowest BCUT2D eigenvalue weighted by atomic mass is 10.2. The van der Waals surface area contributed by atoms with Crippen molar-refractivity contribution in [3.05, 3.63) is 56.6 Å². The largest absolute Gasteiger partial charge is 0.329 e. The van der Waals surface area contributed by atoms with E-state index in [2.05, 4.69) is 21.7 Å². The van der Waals surface area contributed by atoms with Gasteiger partial charge >= 0.3 is 0 Å². The van der Waals surface area contributed by atoms with E-state index in [1.807, 2.05) is 12.1 Å². The molecule has 2 heterocycles. The van der Waals surface area contributed by atoms with Gasteiger partial charge in [0, 0.05) is 30.2 Å². The van der Waals surface area contributed by atoms with E-state index in [-0.39, 0.29) is 5.56 Å². The van der Waals surface area contributed by atoms with Gasteiger partial charge in [0.1, 0.15) is 0 Å². The molecule has 78 valence electrons. The van der Waals surface area contributed by atoms with Crippen LogP contribution in [0.15, 0.2) is 40.6 Å². The number of H-pyrrole nitrogens is 1. The van der Waals surface area contributed by atoms with Gasteiger partial charge in [-0.25, -0.2) is 0 Å². The number of rotatable bonds is 4. The molecule has 0 aliphatic rings. The quantitative estimate of drug-likeness (QED) is 0.824. The Morgan fingerprint density at radius 1 is 1.33 bits per heavy atom. The topological polar surface area (TPSA) is 44.9 Å². The van der Waals surface area contributed by atoms with Gasteiger partial charge in [-0.05, 0) is 23.1 Å². The summed E-state index contributed by atoms with van der Waals surface area (Å²) in [6.45, 7) is 1.58. The number of hydrogen-bond donors (Lipinski definition) is 2. The number of aromatic amines is 1. The zero-order chi connectivity index (χ0) is 10.5. The fraction of sp³-hybridized carbons (Fsp3) is 0.182. The smallest absolute Gasteiger partial charge is 0.248 e. The van der Waals surface area contributed by atoms with Crippen molar-refractivity contribution >= 4 is 11.3 Å². The van der Waals surface area contributed by atoms with Crippen LogP contribution in [-0.2, 0) is 13.1 Å². The highest BCUT2D eigenvalue weighted by Crippen LogP contribution is 2.07. The number of aromatic nitrogens is 1. The third-order valence-electron chi connectivity index (χ3n) is 2.05. The van der Waals surface area contributed by atoms with Crippen molar-refractivity contribution in [3.63, 3.8) is 0 Å². The molecule has 0 aliphatic carbocycles. The van der Waals surface area contributed by atoms with Gasteiger partial charge in [-0.3, -0.25) is 4.79 Å². The molecule has 0 spiro atoms. The van der Waals surface area contributed by atoms with Crippen molar-refractivity contribution in [1.29, 1.82) is 0 Å². The molecule has 2 aromatic rings. The van der Waals surface area contributed by atoms with E-state index < -0.39 is 0 Å². The van der Waals surface area contributed by atoms with Gasteiger partial charge in [0.25, 0.3) is 0 Å². The van der Waals surface area contributed by atoms with Gasteiger partial charge in [-0.15, -0.1) is 11.3 Å². The van der Waals surface area contributed by atoms with E-state index in [9.17, 15) is 4.79 Å². The lowest BCUT2D eigenvalue weighted by Crippen LogP contribution is -2.14. The molecule has 0 radical (unpaired) electrons. The standard InChI is InChI=1S/C11H12N2OS/c14-11-6-9(3-4-13-11)7-12-8-10-2-1-5-15-10/h1-6,12H,7-8H2,(H,13,14). The van der Waals surface area contributed by atoms with Crippen LogP contribution in [-0.4, -0.2) is 4.98 Å². The Hall–Kier alpha value is -1.39. The summed E-state index contributed by atoms with van der Waals surface area (Å²) in [5.74, 6) is 0. The molecule has 3 nitrogen and oxygen atoms in total. The van der Waals surface area contributed by atoms with Gasteiger partial charge in [-0.2, -0.15) is 0 Å². The first-order chi connectivity index (χ1) is 7.34. The van der Waals surface area contributed by atoms with E-state index >= 15 is 0 Å². The van der Waals surface area contributed by atoms with Gasteiger partial charge in [0.2, 0.25) is 5.56 Å². The second kappa shape index (κ2) is 4.91. The molecular formula is C11H12N2OS. The zero-order valence-electron chi connectivity index (χ0n) is 8.19. The number of thiophene rings is 1. The van der Waals surface area contributed by atoms with Crippen LogP contribution in [0.5, 0.6) is 0 Å². The zero-order valence-corrected chi connectivity index (χ0v) is 9.01. The third kappa shape index (κ3) is 3.04. The molecule has 0 saturated heterocycles. The van der Waals surface area contributed by atoms with Crippen LogP contribution in [0, 0.1) is 0 Å². The fourth-order valence-electron chi connectivity index (χ4n) is 1.34. The average Bonchev–Trinajstić information content (AvgIpc) is 2.71. The Kier molecular flexibility index (Phi) is 3.32. The molecule has 15 heavy (non-hydrogen) atoms. The first kappa shape index (κ1) is 10.1. The molecule has 4 heteroatoms. The number of nitrogens with one attached hydrogen (secondary N) is 2. The monoisotopic (exact) mass is 220 g/mol. The molecule has 2 N–H and O–H groups in total. The summed E-state index contributed by atoms with van der Waals surface area (Å²) < 4.78 is 0. The molecule has 0 bridgehead atoms. The molecule has 0 amide bonds. The van der Waals surface area contributed by atoms with Crippen LogP contribution in [0.4, 0.5) is 0 Å². The summed E-state index contributed by atoms with van der Waals surface area (Å²) in [5, 5.41) is 5.35. The summed E-state index contributed by atoms with van der Waals surface area (Å²) in [6.07, 6.45) is 1.67. The highest BCUT2D eigenvalue weighted by Gasteiger charge is 1.95. The van der Waals surface area contributed by atoms with Crippen molar-refractivity contribution in [3.8, 4) is 0 Å². The van der Waals surface area contributed by atoms with Crippen molar-refractivity contribution in [2.75, 3.05) is 0 Å². The van der Waals surface area contributed by atoms with Gasteiger partial charge in [0.05, 0.1) is 0 Å². The summed E-state index contributed by atoms with van der Waals surface area (Å²) >= 11 is 1.73. The highest BCUT2D eigenvalue weighted by atomic mass is 32.1. The predicted octanol–water partition coefficient (Wildman–Crippen LogP) is 1.73. The lowest BCUT2D eigenvalue weighted by Gasteiger charge is -2.02. The normalized spacial score (nSPS) is 10.4. The maximum atomic E-state index is 11.0. The van der Waals surface area contributed by atoms with E-state index in [0.717, 1.165) is 18.7 Å². The van der Waals surface area contributed by atoms with Gasteiger partial charge < -0.3 is 10.3 Å². The molecule has 0 aliphatic heterocycles. The molecule has 2 aromatic heterocycles. The molecule has 2 rings (SSSR count). The average molecular weight is 220 g/mol. The van der Waals surface area contributed by atoms with Crippen molar-refractivity contribution in [2.24, 2.45) is 0 Å². The Labute approximate surface area is 91.8 Å². The van der Waals surface area contributed by atoms with Gasteiger partial charge in [-0.1, -0.05) is 6.07 Å². The lowest BCUT2D eigenvalue weighted by molar-refractivity contribution is 0.699. The maximum absolute atomic E-state index is 11.0. The third-order valence-corrected chi connectivity index (χ3v) is 2.92.